The van der Waals surface area contributed by atoms with Crippen LogP contribution in [0.5, 0.6) is 5.75 Å². The lowest BCUT2D eigenvalue weighted by atomic mass is 10.1. The summed E-state index contributed by atoms with van der Waals surface area (Å²) in [6, 6.07) is 7.41. The van der Waals surface area contributed by atoms with Gasteiger partial charge in [0.2, 0.25) is 0 Å². The molecule has 0 spiro atoms. The lowest BCUT2D eigenvalue weighted by molar-refractivity contribution is 0.0320. The smallest absolute Gasteiger partial charge is 0.124 e. The van der Waals surface area contributed by atoms with Gasteiger partial charge in [-0.25, -0.2) is 0 Å². The molecule has 0 saturated heterocycles. The van der Waals surface area contributed by atoms with Gasteiger partial charge in [-0.1, -0.05) is 18.0 Å². The molecule has 0 radical (unpaired) electrons. The highest BCUT2D eigenvalue weighted by molar-refractivity contribution is 5.98. The Balaban J connectivity index is 2.02. The molecule has 0 amide bonds. The van der Waals surface area contributed by atoms with Gasteiger partial charge in [0.25, 0.3) is 0 Å². The van der Waals surface area contributed by atoms with Gasteiger partial charge in [-0.05, 0) is 56.0 Å². The summed E-state index contributed by atoms with van der Waals surface area (Å²) in [6.07, 6.45) is 4.59. The van der Waals surface area contributed by atoms with Crippen molar-refractivity contribution in [3.63, 3.8) is 0 Å². The minimum atomic E-state index is -0.372. The van der Waals surface area contributed by atoms with E-state index in [1.54, 1.807) is 6.92 Å². The first-order chi connectivity index (χ1) is 9.20. The number of ether oxygens (including phenoxy) is 1. The summed E-state index contributed by atoms with van der Waals surface area (Å²) < 4.78 is 5.86. The van der Waals surface area contributed by atoms with Crippen LogP contribution in [0.3, 0.4) is 0 Å². The number of hydrogen-bond acceptors (Lipinski definition) is 4. The van der Waals surface area contributed by atoms with Crippen molar-refractivity contribution in [2.75, 3.05) is 0 Å². The van der Waals surface area contributed by atoms with Crippen LogP contribution in [0.1, 0.15) is 44.6 Å². The van der Waals surface area contributed by atoms with Crippen molar-refractivity contribution in [1.82, 2.24) is 0 Å². The third-order valence-corrected chi connectivity index (χ3v) is 3.63. The van der Waals surface area contributed by atoms with Crippen molar-refractivity contribution >= 4 is 5.71 Å². The minimum Gasteiger partial charge on any atom is -0.488 e. The van der Waals surface area contributed by atoms with E-state index < -0.39 is 0 Å². The quantitative estimate of drug-likeness (QED) is 0.381. The van der Waals surface area contributed by atoms with E-state index in [1.807, 2.05) is 24.3 Å². The van der Waals surface area contributed by atoms with Crippen LogP contribution in [0, 0.1) is 0 Å². The van der Waals surface area contributed by atoms with E-state index in [2.05, 4.69) is 5.16 Å². The maximum atomic E-state index is 10.0. The largest absolute Gasteiger partial charge is 0.488 e. The Morgan fingerprint density at radius 2 is 1.84 bits per heavy atom. The second kappa shape index (κ2) is 6.57. The van der Waals surface area contributed by atoms with Gasteiger partial charge in [0.1, 0.15) is 11.9 Å². The van der Waals surface area contributed by atoms with E-state index in [9.17, 15) is 5.11 Å². The van der Waals surface area contributed by atoms with Crippen LogP contribution >= 0.6 is 0 Å². The molecule has 1 aliphatic carbocycles. The van der Waals surface area contributed by atoms with Gasteiger partial charge in [-0.15, -0.1) is 0 Å². The fourth-order valence-corrected chi connectivity index (χ4v) is 2.40. The van der Waals surface area contributed by atoms with Crippen molar-refractivity contribution < 1.29 is 15.1 Å². The van der Waals surface area contributed by atoms with Gasteiger partial charge in [0.15, 0.2) is 0 Å². The zero-order chi connectivity index (χ0) is 13.7. The van der Waals surface area contributed by atoms with E-state index in [0.717, 1.165) is 37.0 Å². The molecule has 0 heterocycles. The summed E-state index contributed by atoms with van der Waals surface area (Å²) in [6.45, 7) is 1.74. The molecule has 4 heteroatoms. The molecular weight excluding hydrogens is 242 g/mol. The third kappa shape index (κ3) is 3.70. The molecule has 2 unspecified atom stereocenters. The monoisotopic (exact) mass is 263 g/mol. The second-order valence-electron chi connectivity index (χ2n) is 5.07. The van der Waals surface area contributed by atoms with Crippen molar-refractivity contribution in [2.24, 2.45) is 5.16 Å². The Hall–Kier alpha value is -1.55. The highest BCUT2D eigenvalue weighted by Gasteiger charge is 2.23. The van der Waals surface area contributed by atoms with Crippen LogP contribution in [-0.2, 0) is 0 Å². The molecule has 2 rings (SSSR count). The summed E-state index contributed by atoms with van der Waals surface area (Å²) in [5.41, 5.74) is 1.43. The molecule has 19 heavy (non-hydrogen) atoms. The highest BCUT2D eigenvalue weighted by Crippen LogP contribution is 2.23. The molecule has 2 N–H and O–H groups in total. The van der Waals surface area contributed by atoms with Crippen LogP contribution in [0.2, 0.25) is 0 Å². The standard InChI is InChI=1S/C15H21NO3/c1-11(16-18)12-7-9-13(10-8-12)19-15-6-4-2-3-5-14(15)17/h7-10,14-15,17-18H,2-6H2,1H3. The maximum absolute atomic E-state index is 10.0. The zero-order valence-corrected chi connectivity index (χ0v) is 11.2. The molecular formula is C15H21NO3. The predicted molar refractivity (Wildman–Crippen MR) is 73.9 cm³/mol. The minimum absolute atomic E-state index is 0.110. The van der Waals surface area contributed by atoms with Gasteiger partial charge in [0, 0.05) is 0 Å². The van der Waals surface area contributed by atoms with Crippen LogP contribution in [0.15, 0.2) is 29.4 Å². The first kappa shape index (κ1) is 13.9. The van der Waals surface area contributed by atoms with Crippen LogP contribution < -0.4 is 4.74 Å². The summed E-state index contributed by atoms with van der Waals surface area (Å²) in [5.74, 6) is 0.750. The molecule has 1 saturated carbocycles. The summed E-state index contributed by atoms with van der Waals surface area (Å²) in [5, 5.41) is 21.9. The number of aliphatic hydroxyl groups excluding tert-OH is 1. The lowest BCUT2D eigenvalue weighted by Crippen LogP contribution is -2.30. The molecule has 1 fully saturated rings. The SMILES string of the molecule is CC(=NO)c1ccc(OC2CCCCCC2O)cc1. The van der Waals surface area contributed by atoms with E-state index in [-0.39, 0.29) is 12.2 Å². The van der Waals surface area contributed by atoms with E-state index in [1.165, 1.54) is 6.42 Å². The van der Waals surface area contributed by atoms with Crippen molar-refractivity contribution in [1.29, 1.82) is 0 Å². The van der Waals surface area contributed by atoms with Gasteiger partial charge in [0.05, 0.1) is 11.8 Å². The summed E-state index contributed by atoms with van der Waals surface area (Å²) in [7, 11) is 0. The molecule has 0 bridgehead atoms. The molecule has 2 atom stereocenters. The second-order valence-corrected chi connectivity index (χ2v) is 5.07. The van der Waals surface area contributed by atoms with Gasteiger partial charge >= 0.3 is 0 Å². The average Bonchev–Trinajstić information content (AvgIpc) is 2.64. The Bertz CT molecular complexity index is 428. The van der Waals surface area contributed by atoms with Crippen molar-refractivity contribution in [2.45, 2.75) is 51.2 Å². The third-order valence-electron chi connectivity index (χ3n) is 3.63. The number of benzene rings is 1. The molecule has 104 valence electrons. The first-order valence-electron chi connectivity index (χ1n) is 6.84. The van der Waals surface area contributed by atoms with Gasteiger partial charge in [-0.2, -0.15) is 0 Å². The number of hydrogen-bond donors (Lipinski definition) is 2. The molecule has 4 nitrogen and oxygen atoms in total. The van der Waals surface area contributed by atoms with Crippen LogP contribution in [0.4, 0.5) is 0 Å². The van der Waals surface area contributed by atoms with E-state index in [0.29, 0.717) is 5.71 Å². The van der Waals surface area contributed by atoms with Gasteiger partial charge in [-0.3, -0.25) is 0 Å². The Kier molecular flexibility index (Phi) is 4.80. The summed E-state index contributed by atoms with van der Waals surface area (Å²) >= 11 is 0. The molecule has 1 aromatic carbocycles. The number of nitrogens with zero attached hydrogens (tertiary/aromatic N) is 1. The zero-order valence-electron chi connectivity index (χ0n) is 11.2. The molecule has 1 aliphatic rings. The van der Waals surface area contributed by atoms with Crippen LogP contribution in [0.25, 0.3) is 0 Å². The maximum Gasteiger partial charge on any atom is 0.124 e. The average molecular weight is 263 g/mol. The number of rotatable bonds is 3. The lowest BCUT2D eigenvalue weighted by Gasteiger charge is -2.22. The number of aliphatic hydroxyl groups is 1. The summed E-state index contributed by atoms with van der Waals surface area (Å²) in [4.78, 5) is 0. The molecule has 1 aromatic rings. The Morgan fingerprint density at radius 3 is 2.53 bits per heavy atom. The predicted octanol–water partition coefficient (Wildman–Crippen LogP) is 2.96. The number of oxime groups is 1. The van der Waals surface area contributed by atoms with Gasteiger partial charge < -0.3 is 15.1 Å². The fourth-order valence-electron chi connectivity index (χ4n) is 2.40. The first-order valence-corrected chi connectivity index (χ1v) is 6.84. The van der Waals surface area contributed by atoms with Crippen molar-refractivity contribution in [3.05, 3.63) is 29.8 Å². The molecule has 0 aromatic heterocycles. The van der Waals surface area contributed by atoms with E-state index >= 15 is 0 Å². The van der Waals surface area contributed by atoms with Crippen LogP contribution in [-0.4, -0.2) is 28.2 Å². The van der Waals surface area contributed by atoms with Crippen molar-refractivity contribution in [3.8, 4) is 5.75 Å². The highest BCUT2D eigenvalue weighted by atomic mass is 16.5. The Morgan fingerprint density at radius 1 is 1.16 bits per heavy atom. The molecule has 0 aliphatic heterocycles. The topological polar surface area (TPSA) is 62.1 Å². The Labute approximate surface area is 113 Å². The fraction of sp³-hybridized carbons (Fsp3) is 0.533. The van der Waals surface area contributed by atoms with E-state index in [4.69, 9.17) is 9.94 Å². The normalized spacial score (nSPS) is 24.8.